The minimum Gasteiger partial charge on any atom is -0.489 e. The van der Waals surface area contributed by atoms with Crippen LogP contribution < -0.4 is 10.1 Å². The van der Waals surface area contributed by atoms with Crippen molar-refractivity contribution in [2.75, 3.05) is 12.0 Å². The number of hydrogen-bond acceptors (Lipinski definition) is 3. The lowest BCUT2D eigenvalue weighted by molar-refractivity contribution is 0.191. The number of ether oxygens (including phenoxy) is 1. The molecule has 0 aromatic heterocycles. The van der Waals surface area contributed by atoms with Crippen LogP contribution in [0.2, 0.25) is 0 Å². The molecule has 0 bridgehead atoms. The first-order chi connectivity index (χ1) is 12.8. The van der Waals surface area contributed by atoms with Gasteiger partial charge in [0.05, 0.1) is 0 Å². The van der Waals surface area contributed by atoms with Gasteiger partial charge in [-0.3, -0.25) is 0 Å². The van der Waals surface area contributed by atoms with Gasteiger partial charge in [-0.1, -0.05) is 63.2 Å². The van der Waals surface area contributed by atoms with Crippen LogP contribution >= 0.6 is 11.8 Å². The van der Waals surface area contributed by atoms with Gasteiger partial charge in [0.15, 0.2) is 0 Å². The molecule has 0 aliphatic heterocycles. The van der Waals surface area contributed by atoms with Gasteiger partial charge in [-0.2, -0.15) is 11.8 Å². The summed E-state index contributed by atoms with van der Waals surface area (Å²) in [7, 11) is 0. The Morgan fingerprint density at radius 1 is 1.15 bits per heavy atom. The largest absolute Gasteiger partial charge is 0.489 e. The zero-order valence-electron chi connectivity index (χ0n) is 16.5. The lowest BCUT2D eigenvalue weighted by atomic mass is 9.84. The molecule has 2 aromatic carbocycles. The highest BCUT2D eigenvalue weighted by atomic mass is 32.2. The molecular weight excluding hydrogens is 358 g/mol. The molecule has 5 heteroatoms. The van der Waals surface area contributed by atoms with Gasteiger partial charge in [0, 0.05) is 11.8 Å². The Morgan fingerprint density at radius 2 is 1.85 bits per heavy atom. The Labute approximate surface area is 166 Å². The number of nitrogens with one attached hydrogen (secondary N) is 1. The number of benzene rings is 2. The van der Waals surface area contributed by atoms with Crippen molar-refractivity contribution in [2.24, 2.45) is 0 Å². The first-order valence-corrected chi connectivity index (χ1v) is 10.5. The molecule has 146 valence electrons. The minimum atomic E-state index is -0.979. The number of hydrogen-bond donors (Lipinski definition) is 2. The summed E-state index contributed by atoms with van der Waals surface area (Å²) in [6.45, 7) is 7.02. The second-order valence-electron chi connectivity index (χ2n) is 7.66. The molecule has 0 saturated carbocycles. The third kappa shape index (κ3) is 6.83. The molecule has 27 heavy (non-hydrogen) atoms. The number of carboxylic acid groups (broad SMARTS) is 1. The number of thioether (sulfide) groups is 1. The predicted octanol–water partition coefficient (Wildman–Crippen LogP) is 5.10. The van der Waals surface area contributed by atoms with Gasteiger partial charge >= 0.3 is 6.09 Å². The van der Waals surface area contributed by atoms with Gasteiger partial charge in [0.2, 0.25) is 0 Å². The average Bonchev–Trinajstić information content (AvgIpc) is 2.60. The van der Waals surface area contributed by atoms with E-state index in [0.717, 1.165) is 28.2 Å². The summed E-state index contributed by atoms with van der Waals surface area (Å²) in [6.07, 6.45) is 1.67. The highest BCUT2D eigenvalue weighted by Crippen LogP contribution is 2.33. The van der Waals surface area contributed by atoms with E-state index >= 15 is 0 Å². The standard InChI is InChI=1S/C22H29NO3S/c1-22(2,3)19-13-17(12-18(15-27-4)23-21(24)25)10-11-20(19)26-14-16-8-6-5-7-9-16/h5-11,13,18,23H,12,14-15H2,1-4H3,(H,24,25). The van der Waals surface area contributed by atoms with Crippen molar-refractivity contribution in [3.63, 3.8) is 0 Å². The van der Waals surface area contributed by atoms with Crippen molar-refractivity contribution < 1.29 is 14.6 Å². The van der Waals surface area contributed by atoms with Gasteiger partial charge in [-0.15, -0.1) is 0 Å². The monoisotopic (exact) mass is 387 g/mol. The van der Waals surface area contributed by atoms with E-state index in [2.05, 4.69) is 44.3 Å². The Bertz CT molecular complexity index is 741. The van der Waals surface area contributed by atoms with Crippen LogP contribution in [0.4, 0.5) is 4.79 Å². The summed E-state index contributed by atoms with van der Waals surface area (Å²) in [6, 6.07) is 16.2. The number of amides is 1. The molecule has 4 nitrogen and oxygen atoms in total. The number of carbonyl (C=O) groups is 1. The van der Waals surface area contributed by atoms with Gasteiger partial charge in [0.25, 0.3) is 0 Å². The van der Waals surface area contributed by atoms with Crippen molar-refractivity contribution in [3.8, 4) is 5.75 Å². The van der Waals surface area contributed by atoms with E-state index < -0.39 is 6.09 Å². The van der Waals surface area contributed by atoms with Crippen molar-refractivity contribution in [1.29, 1.82) is 0 Å². The van der Waals surface area contributed by atoms with Crippen LogP contribution in [-0.2, 0) is 18.4 Å². The summed E-state index contributed by atoms with van der Waals surface area (Å²) in [5.41, 5.74) is 3.30. The van der Waals surface area contributed by atoms with E-state index in [9.17, 15) is 4.79 Å². The molecule has 0 radical (unpaired) electrons. The molecule has 2 rings (SSSR count). The van der Waals surface area contributed by atoms with Gasteiger partial charge < -0.3 is 15.2 Å². The van der Waals surface area contributed by atoms with Gasteiger partial charge in [-0.25, -0.2) is 4.79 Å². The second-order valence-corrected chi connectivity index (χ2v) is 8.57. The van der Waals surface area contributed by atoms with Crippen LogP contribution in [0.15, 0.2) is 48.5 Å². The summed E-state index contributed by atoms with van der Waals surface area (Å²) in [5.74, 6) is 1.62. The first-order valence-electron chi connectivity index (χ1n) is 9.08. The van der Waals surface area contributed by atoms with E-state index in [1.54, 1.807) is 11.8 Å². The molecule has 0 saturated heterocycles. The average molecular weight is 388 g/mol. The molecule has 1 amide bonds. The molecule has 1 atom stereocenters. The molecule has 0 fully saturated rings. The fourth-order valence-corrected chi connectivity index (χ4v) is 3.57. The second kappa shape index (κ2) is 9.70. The molecule has 0 heterocycles. The SMILES string of the molecule is CSCC(Cc1ccc(OCc2ccccc2)c(C(C)(C)C)c1)NC(=O)O. The molecule has 2 aromatic rings. The minimum absolute atomic E-state index is 0.0722. The Hall–Kier alpha value is -2.14. The predicted molar refractivity (Wildman–Crippen MR) is 113 cm³/mol. The molecule has 0 spiro atoms. The fraction of sp³-hybridized carbons (Fsp3) is 0.409. The van der Waals surface area contributed by atoms with Crippen molar-refractivity contribution >= 4 is 17.9 Å². The third-order valence-corrected chi connectivity index (χ3v) is 5.00. The topological polar surface area (TPSA) is 58.6 Å². The molecule has 0 aliphatic carbocycles. The summed E-state index contributed by atoms with van der Waals surface area (Å²) in [5, 5.41) is 11.7. The van der Waals surface area contributed by atoms with Crippen LogP contribution in [-0.4, -0.2) is 29.3 Å². The fourth-order valence-electron chi connectivity index (χ4n) is 2.96. The van der Waals surface area contributed by atoms with Crippen LogP contribution in [0.3, 0.4) is 0 Å². The van der Waals surface area contributed by atoms with Crippen molar-refractivity contribution in [2.45, 2.75) is 45.3 Å². The maximum absolute atomic E-state index is 11.0. The summed E-state index contributed by atoms with van der Waals surface area (Å²) < 4.78 is 6.11. The number of rotatable bonds is 8. The van der Waals surface area contributed by atoms with E-state index in [-0.39, 0.29) is 11.5 Å². The van der Waals surface area contributed by atoms with Crippen molar-refractivity contribution in [3.05, 3.63) is 65.2 Å². The van der Waals surface area contributed by atoms with Crippen LogP contribution in [0.1, 0.15) is 37.5 Å². The third-order valence-electron chi connectivity index (χ3n) is 4.27. The first kappa shape index (κ1) is 21.2. The molecule has 0 aliphatic rings. The van der Waals surface area contributed by atoms with Crippen LogP contribution in [0, 0.1) is 0 Å². The normalized spacial score (nSPS) is 12.4. The van der Waals surface area contributed by atoms with E-state index in [1.807, 2.05) is 36.6 Å². The van der Waals surface area contributed by atoms with Crippen LogP contribution in [0.25, 0.3) is 0 Å². The maximum atomic E-state index is 11.0. The zero-order valence-corrected chi connectivity index (χ0v) is 17.3. The molecular formula is C22H29NO3S. The highest BCUT2D eigenvalue weighted by molar-refractivity contribution is 7.98. The van der Waals surface area contributed by atoms with Gasteiger partial charge in [-0.05, 0) is 40.8 Å². The molecule has 1 unspecified atom stereocenters. The quantitative estimate of drug-likeness (QED) is 0.661. The highest BCUT2D eigenvalue weighted by Gasteiger charge is 2.21. The van der Waals surface area contributed by atoms with Crippen molar-refractivity contribution in [1.82, 2.24) is 5.32 Å². The van der Waals surface area contributed by atoms with Crippen LogP contribution in [0.5, 0.6) is 5.75 Å². The summed E-state index contributed by atoms with van der Waals surface area (Å²) >= 11 is 1.64. The smallest absolute Gasteiger partial charge is 0.404 e. The lowest BCUT2D eigenvalue weighted by Crippen LogP contribution is -2.37. The molecule has 2 N–H and O–H groups in total. The lowest BCUT2D eigenvalue weighted by Gasteiger charge is -2.25. The Morgan fingerprint density at radius 3 is 2.44 bits per heavy atom. The van der Waals surface area contributed by atoms with Gasteiger partial charge in [0.1, 0.15) is 12.4 Å². The zero-order chi connectivity index (χ0) is 19.9. The Kier molecular flexibility index (Phi) is 7.60. The Balaban J connectivity index is 2.20. The summed E-state index contributed by atoms with van der Waals surface area (Å²) in [4.78, 5) is 11.0. The van der Waals surface area contributed by atoms with E-state index in [4.69, 9.17) is 9.84 Å². The van der Waals surface area contributed by atoms with E-state index in [1.165, 1.54) is 0 Å². The maximum Gasteiger partial charge on any atom is 0.404 e. The van der Waals surface area contributed by atoms with E-state index in [0.29, 0.717) is 13.0 Å².